The molecule has 0 bridgehead atoms. The number of ether oxygens (including phenoxy) is 1. The lowest BCUT2D eigenvalue weighted by molar-refractivity contribution is 0.449. The van der Waals surface area contributed by atoms with E-state index in [2.05, 4.69) is 20.3 Å². The van der Waals surface area contributed by atoms with Gasteiger partial charge in [0.2, 0.25) is 5.88 Å². The normalized spacial score (nSPS) is 10.2. The van der Waals surface area contributed by atoms with Gasteiger partial charge in [-0.3, -0.25) is 4.98 Å². The van der Waals surface area contributed by atoms with E-state index in [0.717, 1.165) is 23.5 Å². The predicted octanol–water partition coefficient (Wildman–Crippen LogP) is 2.58. The SMILES string of the molecule is CCc1c(NC)ncnc1Oc1cccnc1C. The summed E-state index contributed by atoms with van der Waals surface area (Å²) in [4.78, 5) is 12.6. The largest absolute Gasteiger partial charge is 0.437 e. The Bertz CT molecular complexity index is 542. The molecular weight excluding hydrogens is 228 g/mol. The molecule has 0 aliphatic carbocycles. The molecule has 2 aromatic heterocycles. The molecule has 0 aliphatic heterocycles. The summed E-state index contributed by atoms with van der Waals surface area (Å²) in [6.45, 7) is 3.95. The Balaban J connectivity index is 2.37. The minimum absolute atomic E-state index is 0.577. The van der Waals surface area contributed by atoms with Crippen LogP contribution in [0.2, 0.25) is 0 Å². The van der Waals surface area contributed by atoms with E-state index in [1.807, 2.05) is 33.0 Å². The van der Waals surface area contributed by atoms with Crippen LogP contribution in [-0.2, 0) is 6.42 Å². The molecule has 0 aliphatic rings. The van der Waals surface area contributed by atoms with Crippen LogP contribution < -0.4 is 10.1 Å². The Labute approximate surface area is 106 Å². The van der Waals surface area contributed by atoms with E-state index in [-0.39, 0.29) is 0 Å². The molecule has 5 nitrogen and oxygen atoms in total. The van der Waals surface area contributed by atoms with Crippen LogP contribution in [0.5, 0.6) is 11.6 Å². The van der Waals surface area contributed by atoms with E-state index < -0.39 is 0 Å². The van der Waals surface area contributed by atoms with Crippen LogP contribution >= 0.6 is 0 Å². The molecule has 0 fully saturated rings. The lowest BCUT2D eigenvalue weighted by Crippen LogP contribution is -2.03. The van der Waals surface area contributed by atoms with Gasteiger partial charge < -0.3 is 10.1 Å². The van der Waals surface area contributed by atoms with Gasteiger partial charge in [0.25, 0.3) is 0 Å². The Morgan fingerprint density at radius 3 is 2.78 bits per heavy atom. The van der Waals surface area contributed by atoms with Crippen molar-refractivity contribution >= 4 is 5.82 Å². The molecule has 1 N–H and O–H groups in total. The summed E-state index contributed by atoms with van der Waals surface area (Å²) in [5.74, 6) is 2.09. The lowest BCUT2D eigenvalue weighted by Gasteiger charge is -2.12. The molecule has 5 heteroatoms. The van der Waals surface area contributed by atoms with E-state index in [9.17, 15) is 0 Å². The number of rotatable bonds is 4. The average Bonchev–Trinajstić information content (AvgIpc) is 2.41. The lowest BCUT2D eigenvalue weighted by atomic mass is 10.2. The van der Waals surface area contributed by atoms with Crippen LogP contribution in [0.25, 0.3) is 0 Å². The number of pyridine rings is 1. The molecule has 2 aromatic rings. The summed E-state index contributed by atoms with van der Waals surface area (Å²) in [7, 11) is 1.83. The van der Waals surface area contributed by atoms with Crippen molar-refractivity contribution < 1.29 is 4.74 Å². The maximum atomic E-state index is 5.82. The fraction of sp³-hybridized carbons (Fsp3) is 0.308. The molecule has 0 saturated carbocycles. The van der Waals surface area contributed by atoms with Crippen LogP contribution in [-0.4, -0.2) is 22.0 Å². The Hall–Kier alpha value is -2.17. The highest BCUT2D eigenvalue weighted by molar-refractivity contribution is 5.49. The first-order valence-electron chi connectivity index (χ1n) is 5.87. The zero-order chi connectivity index (χ0) is 13.0. The number of nitrogens with zero attached hydrogens (tertiary/aromatic N) is 3. The molecule has 0 aromatic carbocycles. The summed E-state index contributed by atoms with van der Waals surface area (Å²) in [5, 5.41) is 3.04. The third-order valence-electron chi connectivity index (χ3n) is 2.66. The van der Waals surface area contributed by atoms with Gasteiger partial charge >= 0.3 is 0 Å². The van der Waals surface area contributed by atoms with E-state index in [1.54, 1.807) is 6.20 Å². The highest BCUT2D eigenvalue weighted by Gasteiger charge is 2.11. The van der Waals surface area contributed by atoms with Crippen molar-refractivity contribution in [3.63, 3.8) is 0 Å². The fourth-order valence-electron chi connectivity index (χ4n) is 1.70. The summed E-state index contributed by atoms with van der Waals surface area (Å²) in [6, 6.07) is 3.72. The molecule has 0 atom stereocenters. The summed E-state index contributed by atoms with van der Waals surface area (Å²) in [6.07, 6.45) is 4.03. The quantitative estimate of drug-likeness (QED) is 0.895. The molecule has 0 saturated heterocycles. The molecule has 0 radical (unpaired) electrons. The van der Waals surface area contributed by atoms with Gasteiger partial charge in [0.05, 0.1) is 11.3 Å². The molecule has 0 amide bonds. The van der Waals surface area contributed by atoms with Crippen LogP contribution in [0.15, 0.2) is 24.7 Å². The van der Waals surface area contributed by atoms with E-state index in [4.69, 9.17) is 4.74 Å². The highest BCUT2D eigenvalue weighted by Crippen LogP contribution is 2.28. The molecule has 2 rings (SSSR count). The Morgan fingerprint density at radius 2 is 2.11 bits per heavy atom. The highest BCUT2D eigenvalue weighted by atomic mass is 16.5. The maximum Gasteiger partial charge on any atom is 0.227 e. The second kappa shape index (κ2) is 5.44. The van der Waals surface area contributed by atoms with Gasteiger partial charge in [0.15, 0.2) is 5.75 Å². The monoisotopic (exact) mass is 244 g/mol. The molecule has 2 heterocycles. The third kappa shape index (κ3) is 2.40. The van der Waals surface area contributed by atoms with Gasteiger partial charge in [0, 0.05) is 13.2 Å². The second-order valence-electron chi connectivity index (χ2n) is 3.80. The zero-order valence-electron chi connectivity index (χ0n) is 10.8. The van der Waals surface area contributed by atoms with Gasteiger partial charge in [-0.05, 0) is 25.5 Å². The van der Waals surface area contributed by atoms with E-state index in [0.29, 0.717) is 11.6 Å². The Kier molecular flexibility index (Phi) is 3.72. The number of anilines is 1. The fourth-order valence-corrected chi connectivity index (χ4v) is 1.70. The zero-order valence-corrected chi connectivity index (χ0v) is 10.8. The maximum absolute atomic E-state index is 5.82. The van der Waals surface area contributed by atoms with Crippen LogP contribution in [0.1, 0.15) is 18.2 Å². The number of aryl methyl sites for hydroxylation is 1. The van der Waals surface area contributed by atoms with Crippen molar-refractivity contribution in [2.45, 2.75) is 20.3 Å². The van der Waals surface area contributed by atoms with Crippen molar-refractivity contribution in [2.24, 2.45) is 0 Å². The Morgan fingerprint density at radius 1 is 1.28 bits per heavy atom. The number of aromatic nitrogens is 3. The summed E-state index contributed by atoms with van der Waals surface area (Å²) < 4.78 is 5.82. The van der Waals surface area contributed by atoms with Gasteiger partial charge in [-0.15, -0.1) is 0 Å². The molecule has 94 valence electrons. The van der Waals surface area contributed by atoms with Crippen LogP contribution in [0.3, 0.4) is 0 Å². The van der Waals surface area contributed by atoms with E-state index >= 15 is 0 Å². The molecular formula is C13H16N4O. The van der Waals surface area contributed by atoms with Crippen molar-refractivity contribution in [3.05, 3.63) is 35.9 Å². The first-order valence-corrected chi connectivity index (χ1v) is 5.87. The van der Waals surface area contributed by atoms with Gasteiger partial charge in [-0.1, -0.05) is 6.92 Å². The van der Waals surface area contributed by atoms with Gasteiger partial charge in [-0.25, -0.2) is 9.97 Å². The predicted molar refractivity (Wildman–Crippen MR) is 70.0 cm³/mol. The average molecular weight is 244 g/mol. The van der Waals surface area contributed by atoms with Crippen LogP contribution in [0, 0.1) is 6.92 Å². The van der Waals surface area contributed by atoms with Gasteiger partial charge in [-0.2, -0.15) is 0 Å². The topological polar surface area (TPSA) is 59.9 Å². The van der Waals surface area contributed by atoms with Crippen molar-refractivity contribution in [2.75, 3.05) is 12.4 Å². The van der Waals surface area contributed by atoms with Crippen molar-refractivity contribution in [1.29, 1.82) is 0 Å². The van der Waals surface area contributed by atoms with Crippen molar-refractivity contribution in [3.8, 4) is 11.6 Å². The molecule has 0 spiro atoms. The standard InChI is InChI=1S/C13H16N4O/c1-4-10-12(14-3)16-8-17-13(10)18-11-6-5-7-15-9(11)2/h5-8H,4H2,1-3H3,(H,14,16,17). The molecule has 0 unspecified atom stereocenters. The van der Waals surface area contributed by atoms with E-state index in [1.165, 1.54) is 6.33 Å². The molecule has 18 heavy (non-hydrogen) atoms. The number of hydrogen-bond donors (Lipinski definition) is 1. The minimum atomic E-state index is 0.577. The summed E-state index contributed by atoms with van der Waals surface area (Å²) >= 11 is 0. The minimum Gasteiger partial charge on any atom is -0.437 e. The smallest absolute Gasteiger partial charge is 0.227 e. The van der Waals surface area contributed by atoms with Crippen molar-refractivity contribution in [1.82, 2.24) is 15.0 Å². The first-order chi connectivity index (χ1) is 8.76. The number of hydrogen-bond acceptors (Lipinski definition) is 5. The third-order valence-corrected chi connectivity index (χ3v) is 2.66. The second-order valence-corrected chi connectivity index (χ2v) is 3.80. The van der Waals surface area contributed by atoms with Gasteiger partial charge in [0.1, 0.15) is 12.1 Å². The summed E-state index contributed by atoms with van der Waals surface area (Å²) in [5.41, 5.74) is 1.80. The van der Waals surface area contributed by atoms with Crippen LogP contribution in [0.4, 0.5) is 5.82 Å². The first kappa shape index (κ1) is 12.3. The number of nitrogens with one attached hydrogen (secondary N) is 1.